The minimum Gasteiger partial charge on any atom is -0.485 e. The third-order valence-electron chi connectivity index (χ3n) is 5.11. The highest BCUT2D eigenvalue weighted by atomic mass is 16.5. The third-order valence-corrected chi connectivity index (χ3v) is 5.11. The molecule has 0 saturated carbocycles. The first-order valence-corrected chi connectivity index (χ1v) is 10.9. The average Bonchev–Trinajstić information content (AvgIpc) is 2.91. The molecule has 0 spiro atoms. The average molecular weight is 455 g/mol. The number of nitrogen functional groups attached to an aromatic ring is 1. The van der Waals surface area contributed by atoms with E-state index in [0.29, 0.717) is 42.6 Å². The van der Waals surface area contributed by atoms with E-state index in [9.17, 15) is 4.79 Å². The molecule has 4 aromatic carbocycles. The molecule has 0 radical (unpaired) electrons. The highest BCUT2D eigenvalue weighted by Gasteiger charge is 2.19. The molecule has 1 amide bonds. The van der Waals surface area contributed by atoms with Crippen LogP contribution in [0, 0.1) is 0 Å². The molecular weight excluding hydrogens is 428 g/mol. The van der Waals surface area contributed by atoms with Crippen LogP contribution in [0.2, 0.25) is 0 Å². The molecule has 0 aliphatic carbocycles. The summed E-state index contributed by atoms with van der Waals surface area (Å²) in [6, 6.07) is 32.6. The standard InChI is InChI=1S/C28H26N2O4/c29-30-28(31)24-16-25(32-18-21-10-4-1-5-11-21)27(34-20-23-14-8-3-9-15-23)26(17-24)33-19-22-12-6-2-7-13-22/h1-17H,18-20,29H2,(H,30,31). The van der Waals surface area contributed by atoms with E-state index in [-0.39, 0.29) is 0 Å². The van der Waals surface area contributed by atoms with Crippen molar-refractivity contribution in [2.24, 2.45) is 5.84 Å². The van der Waals surface area contributed by atoms with Crippen LogP contribution in [0.3, 0.4) is 0 Å². The molecule has 6 heteroatoms. The van der Waals surface area contributed by atoms with Gasteiger partial charge in [-0.15, -0.1) is 0 Å². The van der Waals surface area contributed by atoms with Gasteiger partial charge >= 0.3 is 0 Å². The summed E-state index contributed by atoms with van der Waals surface area (Å²) in [6.45, 7) is 0.912. The molecule has 0 heterocycles. The Bertz CT molecular complexity index is 1130. The van der Waals surface area contributed by atoms with Gasteiger partial charge in [0.25, 0.3) is 5.91 Å². The summed E-state index contributed by atoms with van der Waals surface area (Å²) in [5.74, 6) is 6.15. The van der Waals surface area contributed by atoms with Crippen molar-refractivity contribution in [1.29, 1.82) is 0 Å². The van der Waals surface area contributed by atoms with Gasteiger partial charge in [-0.25, -0.2) is 5.84 Å². The van der Waals surface area contributed by atoms with Crippen LogP contribution in [0.4, 0.5) is 0 Å². The maximum Gasteiger partial charge on any atom is 0.265 e. The Morgan fingerprint density at radius 2 is 1.00 bits per heavy atom. The van der Waals surface area contributed by atoms with E-state index < -0.39 is 5.91 Å². The molecule has 0 aliphatic heterocycles. The van der Waals surface area contributed by atoms with Gasteiger partial charge in [0.15, 0.2) is 11.5 Å². The predicted molar refractivity (Wildman–Crippen MR) is 130 cm³/mol. The fraction of sp³-hybridized carbons (Fsp3) is 0.107. The summed E-state index contributed by atoms with van der Waals surface area (Å²) in [6.07, 6.45) is 0. The number of rotatable bonds is 10. The number of carbonyl (C=O) groups is 1. The molecule has 0 bridgehead atoms. The molecule has 34 heavy (non-hydrogen) atoms. The van der Waals surface area contributed by atoms with Gasteiger partial charge in [0.1, 0.15) is 19.8 Å². The van der Waals surface area contributed by atoms with Gasteiger partial charge in [0.2, 0.25) is 5.75 Å². The lowest BCUT2D eigenvalue weighted by molar-refractivity contribution is 0.0952. The normalized spacial score (nSPS) is 10.4. The van der Waals surface area contributed by atoms with E-state index in [1.165, 1.54) is 0 Å². The van der Waals surface area contributed by atoms with Crippen LogP contribution in [0.5, 0.6) is 17.2 Å². The van der Waals surface area contributed by atoms with Gasteiger partial charge in [0, 0.05) is 5.56 Å². The number of hydrogen-bond acceptors (Lipinski definition) is 5. The van der Waals surface area contributed by atoms with Crippen LogP contribution in [0.1, 0.15) is 27.0 Å². The van der Waals surface area contributed by atoms with Crippen LogP contribution in [0.25, 0.3) is 0 Å². The first-order valence-electron chi connectivity index (χ1n) is 10.9. The Kier molecular flexibility index (Phi) is 7.77. The monoisotopic (exact) mass is 454 g/mol. The fourth-order valence-electron chi connectivity index (χ4n) is 3.35. The molecule has 4 aromatic rings. The number of nitrogens with one attached hydrogen (secondary N) is 1. The van der Waals surface area contributed by atoms with Crippen molar-refractivity contribution in [2.75, 3.05) is 0 Å². The van der Waals surface area contributed by atoms with Gasteiger partial charge < -0.3 is 14.2 Å². The van der Waals surface area contributed by atoms with Crippen LogP contribution in [0.15, 0.2) is 103 Å². The molecule has 0 atom stereocenters. The van der Waals surface area contributed by atoms with Crippen molar-refractivity contribution < 1.29 is 19.0 Å². The first-order chi connectivity index (χ1) is 16.7. The first kappa shape index (κ1) is 22.9. The summed E-state index contributed by atoms with van der Waals surface area (Å²) in [5.41, 5.74) is 5.44. The molecule has 3 N–H and O–H groups in total. The smallest absolute Gasteiger partial charge is 0.265 e. The minimum absolute atomic E-state index is 0.300. The number of hydrazine groups is 1. The van der Waals surface area contributed by atoms with Crippen LogP contribution in [-0.2, 0) is 19.8 Å². The van der Waals surface area contributed by atoms with Crippen molar-refractivity contribution in [3.8, 4) is 17.2 Å². The highest BCUT2D eigenvalue weighted by molar-refractivity contribution is 5.95. The summed E-state index contributed by atoms with van der Waals surface area (Å²) >= 11 is 0. The van der Waals surface area contributed by atoms with Crippen LogP contribution in [-0.4, -0.2) is 5.91 Å². The van der Waals surface area contributed by atoms with Gasteiger partial charge in [-0.05, 0) is 28.8 Å². The highest BCUT2D eigenvalue weighted by Crippen LogP contribution is 2.40. The second-order valence-electron chi connectivity index (χ2n) is 7.60. The second kappa shape index (κ2) is 11.5. The Hall–Kier alpha value is -4.29. The Labute approximate surface area is 198 Å². The number of carbonyl (C=O) groups excluding carboxylic acids is 1. The maximum atomic E-state index is 12.4. The summed E-state index contributed by atoms with van der Waals surface area (Å²) < 4.78 is 18.4. The van der Waals surface area contributed by atoms with E-state index in [1.807, 2.05) is 91.0 Å². The third kappa shape index (κ3) is 6.15. The molecule has 0 unspecified atom stereocenters. The fourth-order valence-corrected chi connectivity index (χ4v) is 3.35. The van der Waals surface area contributed by atoms with E-state index >= 15 is 0 Å². The van der Waals surface area contributed by atoms with E-state index in [4.69, 9.17) is 20.1 Å². The van der Waals surface area contributed by atoms with Gasteiger partial charge in [0.05, 0.1) is 0 Å². The molecule has 172 valence electrons. The number of benzene rings is 4. The molecule has 0 aliphatic rings. The summed E-state index contributed by atoms with van der Waals surface area (Å²) in [5, 5.41) is 0. The Balaban J connectivity index is 1.67. The molecule has 0 fully saturated rings. The number of ether oxygens (including phenoxy) is 3. The molecule has 0 saturated heterocycles. The van der Waals surface area contributed by atoms with Crippen LogP contribution >= 0.6 is 0 Å². The van der Waals surface area contributed by atoms with Gasteiger partial charge in [-0.3, -0.25) is 10.2 Å². The van der Waals surface area contributed by atoms with Crippen molar-refractivity contribution in [1.82, 2.24) is 5.43 Å². The zero-order valence-corrected chi connectivity index (χ0v) is 18.6. The number of amides is 1. The molecule has 4 rings (SSSR count). The lowest BCUT2D eigenvalue weighted by Crippen LogP contribution is -2.30. The summed E-state index contributed by atoms with van der Waals surface area (Å²) in [7, 11) is 0. The second-order valence-corrected chi connectivity index (χ2v) is 7.60. The lowest BCUT2D eigenvalue weighted by atomic mass is 10.1. The van der Waals surface area contributed by atoms with E-state index in [0.717, 1.165) is 16.7 Å². The number of nitrogens with two attached hydrogens (primary N) is 1. The molecule has 0 aromatic heterocycles. The zero-order chi connectivity index (χ0) is 23.6. The van der Waals surface area contributed by atoms with Crippen molar-refractivity contribution >= 4 is 5.91 Å². The zero-order valence-electron chi connectivity index (χ0n) is 18.6. The van der Waals surface area contributed by atoms with Gasteiger partial charge in [-0.1, -0.05) is 91.0 Å². The minimum atomic E-state index is -0.455. The largest absolute Gasteiger partial charge is 0.485 e. The SMILES string of the molecule is NNC(=O)c1cc(OCc2ccccc2)c(OCc2ccccc2)c(OCc2ccccc2)c1. The Morgan fingerprint density at radius 1 is 0.618 bits per heavy atom. The molecular formula is C28H26N2O4. The van der Waals surface area contributed by atoms with Crippen molar-refractivity contribution in [2.45, 2.75) is 19.8 Å². The predicted octanol–water partition coefficient (Wildman–Crippen LogP) is 5.03. The maximum absolute atomic E-state index is 12.4. The number of hydrogen-bond donors (Lipinski definition) is 2. The van der Waals surface area contributed by atoms with E-state index in [1.54, 1.807) is 12.1 Å². The van der Waals surface area contributed by atoms with Crippen molar-refractivity contribution in [3.05, 3.63) is 125 Å². The molecule has 6 nitrogen and oxygen atoms in total. The topological polar surface area (TPSA) is 82.8 Å². The lowest BCUT2D eigenvalue weighted by Gasteiger charge is -2.19. The van der Waals surface area contributed by atoms with Crippen molar-refractivity contribution in [3.63, 3.8) is 0 Å². The van der Waals surface area contributed by atoms with Gasteiger partial charge in [-0.2, -0.15) is 0 Å². The van der Waals surface area contributed by atoms with Crippen LogP contribution < -0.4 is 25.5 Å². The summed E-state index contributed by atoms with van der Waals surface area (Å²) in [4.78, 5) is 12.4. The quantitative estimate of drug-likeness (QED) is 0.200. The Morgan fingerprint density at radius 3 is 1.38 bits per heavy atom. The van der Waals surface area contributed by atoms with E-state index in [2.05, 4.69) is 5.43 Å².